The van der Waals surface area contributed by atoms with E-state index in [9.17, 15) is 4.79 Å². The van der Waals surface area contributed by atoms with Gasteiger partial charge in [-0.3, -0.25) is 4.79 Å². The van der Waals surface area contributed by atoms with Crippen LogP contribution in [0.2, 0.25) is 0 Å². The van der Waals surface area contributed by atoms with Gasteiger partial charge in [-0.1, -0.05) is 19.1 Å². The predicted octanol–water partition coefficient (Wildman–Crippen LogP) is 2.49. The molecule has 2 atom stereocenters. The lowest BCUT2D eigenvalue weighted by molar-refractivity contribution is -0.136. The van der Waals surface area contributed by atoms with E-state index < -0.39 is 6.10 Å². The van der Waals surface area contributed by atoms with Crippen molar-refractivity contribution in [2.75, 3.05) is 13.1 Å². The second-order valence-electron chi connectivity index (χ2n) is 5.38. The van der Waals surface area contributed by atoms with Crippen molar-refractivity contribution in [3.8, 4) is 5.75 Å². The van der Waals surface area contributed by atoms with Crippen LogP contribution in [0.3, 0.4) is 0 Å². The fourth-order valence-electron chi connectivity index (χ4n) is 2.48. The average Bonchev–Trinajstić information content (AvgIpc) is 3.00. The molecule has 1 amide bonds. The lowest BCUT2D eigenvalue weighted by atomic mass is 10.1. The highest BCUT2D eigenvalue weighted by molar-refractivity contribution is 5.81. The van der Waals surface area contributed by atoms with Crippen molar-refractivity contribution in [2.45, 2.75) is 45.3 Å². The van der Waals surface area contributed by atoms with E-state index in [-0.39, 0.29) is 11.9 Å². The fourth-order valence-corrected chi connectivity index (χ4v) is 2.48. The summed E-state index contributed by atoms with van der Waals surface area (Å²) in [5, 5.41) is 0. The molecule has 110 valence electrons. The molecule has 20 heavy (non-hydrogen) atoms. The maximum atomic E-state index is 12.2. The van der Waals surface area contributed by atoms with Crippen molar-refractivity contribution < 1.29 is 9.53 Å². The molecule has 1 aliphatic rings. The lowest BCUT2D eigenvalue weighted by Crippen LogP contribution is -2.38. The molecular formula is C16H24N2O2. The number of hydrogen-bond acceptors (Lipinski definition) is 3. The number of carbonyl (C=O) groups excluding carboxylic acids is 1. The molecule has 1 saturated heterocycles. The highest BCUT2D eigenvalue weighted by atomic mass is 16.5. The quantitative estimate of drug-likeness (QED) is 0.899. The zero-order chi connectivity index (χ0) is 14.5. The summed E-state index contributed by atoms with van der Waals surface area (Å²) < 4.78 is 5.72. The van der Waals surface area contributed by atoms with Gasteiger partial charge in [0, 0.05) is 19.1 Å². The first-order chi connectivity index (χ1) is 9.61. The molecule has 2 rings (SSSR count). The third-order valence-electron chi connectivity index (χ3n) is 3.83. The first-order valence-corrected chi connectivity index (χ1v) is 7.42. The van der Waals surface area contributed by atoms with Crippen molar-refractivity contribution in [1.29, 1.82) is 0 Å². The van der Waals surface area contributed by atoms with E-state index in [1.54, 1.807) is 0 Å². The maximum absolute atomic E-state index is 12.2. The molecule has 0 aliphatic carbocycles. The van der Waals surface area contributed by atoms with Gasteiger partial charge in [-0.2, -0.15) is 0 Å². The number of benzene rings is 1. The first-order valence-electron chi connectivity index (χ1n) is 7.42. The van der Waals surface area contributed by atoms with Gasteiger partial charge in [-0.25, -0.2) is 0 Å². The second-order valence-corrected chi connectivity index (χ2v) is 5.38. The van der Waals surface area contributed by atoms with Crippen molar-refractivity contribution in [3.63, 3.8) is 0 Å². The standard InChI is InChI=1S/C16H24N2O2/c1-3-15(17)13-6-8-14(9-7-13)20-12(2)16(19)18-10-4-5-11-18/h6-9,12,15H,3-5,10-11,17H2,1-2H3/t12?,15-/m1/s1. The largest absolute Gasteiger partial charge is 0.481 e. The number of likely N-dealkylation sites (tertiary alicyclic amines) is 1. The number of amides is 1. The number of rotatable bonds is 5. The Morgan fingerprint density at radius 3 is 2.45 bits per heavy atom. The van der Waals surface area contributed by atoms with Crippen LogP contribution in [-0.2, 0) is 4.79 Å². The first kappa shape index (κ1) is 14.9. The Balaban J connectivity index is 1.93. The minimum Gasteiger partial charge on any atom is -0.481 e. The molecular weight excluding hydrogens is 252 g/mol. The van der Waals surface area contributed by atoms with Crippen LogP contribution in [0.1, 0.15) is 44.7 Å². The minimum absolute atomic E-state index is 0.0627. The van der Waals surface area contributed by atoms with Gasteiger partial charge in [0.15, 0.2) is 6.10 Å². The molecule has 1 unspecified atom stereocenters. The van der Waals surface area contributed by atoms with E-state index >= 15 is 0 Å². The predicted molar refractivity (Wildman–Crippen MR) is 79.6 cm³/mol. The van der Waals surface area contributed by atoms with Gasteiger partial charge in [0.05, 0.1) is 0 Å². The number of carbonyl (C=O) groups is 1. The summed E-state index contributed by atoms with van der Waals surface area (Å²) in [4.78, 5) is 14.0. The summed E-state index contributed by atoms with van der Waals surface area (Å²) in [5.74, 6) is 0.800. The van der Waals surface area contributed by atoms with Gasteiger partial charge in [-0.05, 0) is 43.9 Å². The van der Waals surface area contributed by atoms with Crippen LogP contribution in [-0.4, -0.2) is 30.0 Å². The van der Waals surface area contributed by atoms with Crippen LogP contribution in [0, 0.1) is 0 Å². The molecule has 1 aromatic rings. The van der Waals surface area contributed by atoms with E-state index in [1.165, 1.54) is 0 Å². The van der Waals surface area contributed by atoms with Gasteiger partial charge in [0.2, 0.25) is 0 Å². The molecule has 1 heterocycles. The number of nitrogens with two attached hydrogens (primary N) is 1. The maximum Gasteiger partial charge on any atom is 0.263 e. The topological polar surface area (TPSA) is 55.6 Å². The lowest BCUT2D eigenvalue weighted by Gasteiger charge is -2.21. The van der Waals surface area contributed by atoms with Crippen LogP contribution in [0.5, 0.6) is 5.75 Å². The molecule has 1 aromatic carbocycles. The van der Waals surface area contributed by atoms with E-state index in [0.29, 0.717) is 0 Å². The molecule has 0 aromatic heterocycles. The molecule has 0 spiro atoms. The molecule has 4 heteroatoms. The molecule has 4 nitrogen and oxygen atoms in total. The Morgan fingerprint density at radius 2 is 1.90 bits per heavy atom. The second kappa shape index (κ2) is 6.75. The number of ether oxygens (including phenoxy) is 1. The van der Waals surface area contributed by atoms with Crippen LogP contribution in [0.25, 0.3) is 0 Å². The van der Waals surface area contributed by atoms with E-state index in [2.05, 4.69) is 6.92 Å². The van der Waals surface area contributed by atoms with Crippen LogP contribution in [0.4, 0.5) is 0 Å². The molecule has 1 aliphatic heterocycles. The zero-order valence-corrected chi connectivity index (χ0v) is 12.3. The van der Waals surface area contributed by atoms with Gasteiger partial charge < -0.3 is 15.4 Å². The van der Waals surface area contributed by atoms with Crippen LogP contribution >= 0.6 is 0 Å². The van der Waals surface area contributed by atoms with Crippen molar-refractivity contribution in [3.05, 3.63) is 29.8 Å². The highest BCUT2D eigenvalue weighted by Crippen LogP contribution is 2.20. The van der Waals surface area contributed by atoms with Crippen LogP contribution < -0.4 is 10.5 Å². The Hall–Kier alpha value is -1.55. The smallest absolute Gasteiger partial charge is 0.263 e. The van der Waals surface area contributed by atoms with Gasteiger partial charge in [-0.15, -0.1) is 0 Å². The normalized spacial score (nSPS) is 17.9. The monoisotopic (exact) mass is 276 g/mol. The van der Waals surface area contributed by atoms with Crippen molar-refractivity contribution in [1.82, 2.24) is 4.90 Å². The fraction of sp³-hybridized carbons (Fsp3) is 0.562. The van der Waals surface area contributed by atoms with Gasteiger partial charge in [0.1, 0.15) is 5.75 Å². The summed E-state index contributed by atoms with van der Waals surface area (Å²) in [6.45, 7) is 5.59. The van der Waals surface area contributed by atoms with Crippen LogP contribution in [0.15, 0.2) is 24.3 Å². The number of nitrogens with zero attached hydrogens (tertiary/aromatic N) is 1. The summed E-state index contributed by atoms with van der Waals surface area (Å²) in [7, 11) is 0. The minimum atomic E-state index is -0.432. The molecule has 0 bridgehead atoms. The number of hydrogen-bond donors (Lipinski definition) is 1. The molecule has 0 radical (unpaired) electrons. The Kier molecular flexibility index (Phi) is 5.01. The summed E-state index contributed by atoms with van der Waals surface area (Å²) in [6.07, 6.45) is 2.67. The third kappa shape index (κ3) is 3.51. The molecule has 0 saturated carbocycles. The molecule has 1 fully saturated rings. The van der Waals surface area contributed by atoms with Crippen molar-refractivity contribution >= 4 is 5.91 Å². The Labute approximate surface area is 120 Å². The summed E-state index contributed by atoms with van der Waals surface area (Å²) in [5.41, 5.74) is 7.07. The van der Waals surface area contributed by atoms with E-state index in [4.69, 9.17) is 10.5 Å². The van der Waals surface area contributed by atoms with Gasteiger partial charge in [0.25, 0.3) is 5.91 Å². The summed E-state index contributed by atoms with van der Waals surface area (Å²) >= 11 is 0. The molecule has 2 N–H and O–H groups in total. The average molecular weight is 276 g/mol. The highest BCUT2D eigenvalue weighted by Gasteiger charge is 2.24. The summed E-state index contributed by atoms with van der Waals surface area (Å²) in [6, 6.07) is 7.78. The van der Waals surface area contributed by atoms with E-state index in [0.717, 1.165) is 43.7 Å². The van der Waals surface area contributed by atoms with E-state index in [1.807, 2.05) is 36.1 Å². The van der Waals surface area contributed by atoms with Gasteiger partial charge >= 0.3 is 0 Å². The Morgan fingerprint density at radius 1 is 1.30 bits per heavy atom. The van der Waals surface area contributed by atoms with Crippen molar-refractivity contribution in [2.24, 2.45) is 5.73 Å². The third-order valence-corrected chi connectivity index (χ3v) is 3.83. The zero-order valence-electron chi connectivity index (χ0n) is 12.3. The SMILES string of the molecule is CC[C@@H](N)c1ccc(OC(C)C(=O)N2CCCC2)cc1. The Bertz CT molecular complexity index is 438.